The van der Waals surface area contributed by atoms with Crippen molar-refractivity contribution in [1.82, 2.24) is 4.98 Å². The zero-order valence-electron chi connectivity index (χ0n) is 11.8. The Labute approximate surface area is 119 Å². The number of aliphatic hydroxyl groups is 1. The van der Waals surface area contributed by atoms with Crippen LogP contribution in [0.1, 0.15) is 49.4 Å². The molecule has 2 rings (SSSR count). The third kappa shape index (κ3) is 3.93. The molecule has 0 saturated heterocycles. The summed E-state index contributed by atoms with van der Waals surface area (Å²) in [5, 5.41) is 13.3. The van der Waals surface area contributed by atoms with Crippen LogP contribution in [-0.4, -0.2) is 34.8 Å². The lowest BCUT2D eigenvalue weighted by molar-refractivity contribution is 0.0526. The van der Waals surface area contributed by atoms with Gasteiger partial charge in [0, 0.05) is 6.20 Å². The van der Waals surface area contributed by atoms with Crippen LogP contribution < -0.4 is 5.32 Å². The smallest absolute Gasteiger partial charge is 0.339 e. The summed E-state index contributed by atoms with van der Waals surface area (Å²) in [6.07, 6.45) is 6.32. The number of aromatic nitrogens is 1. The number of carbonyl (C=O) groups excluding carboxylic acids is 1. The molecule has 2 N–H and O–H groups in total. The molecule has 0 spiro atoms. The summed E-state index contributed by atoms with van der Waals surface area (Å²) in [5.41, 5.74) is 0.443. The van der Waals surface area contributed by atoms with Crippen molar-refractivity contribution < 1.29 is 14.6 Å². The van der Waals surface area contributed by atoms with Crippen LogP contribution in [0, 0.1) is 0 Å². The molecule has 5 nitrogen and oxygen atoms in total. The zero-order valence-corrected chi connectivity index (χ0v) is 11.8. The van der Waals surface area contributed by atoms with E-state index in [4.69, 9.17) is 4.74 Å². The van der Waals surface area contributed by atoms with E-state index in [0.717, 1.165) is 25.7 Å². The number of ether oxygens (including phenoxy) is 1. The number of hydrogen-bond donors (Lipinski definition) is 2. The van der Waals surface area contributed by atoms with Gasteiger partial charge in [-0.2, -0.15) is 0 Å². The van der Waals surface area contributed by atoms with Gasteiger partial charge >= 0.3 is 5.97 Å². The first kappa shape index (κ1) is 14.8. The molecule has 0 amide bonds. The lowest BCUT2D eigenvalue weighted by Crippen LogP contribution is -2.32. The van der Waals surface area contributed by atoms with Crippen molar-refractivity contribution in [2.45, 2.75) is 51.2 Å². The topological polar surface area (TPSA) is 71.5 Å². The zero-order chi connectivity index (χ0) is 14.4. The maximum Gasteiger partial charge on any atom is 0.339 e. The van der Waals surface area contributed by atoms with E-state index in [9.17, 15) is 9.90 Å². The lowest BCUT2D eigenvalue weighted by atomic mass is 10.1. The van der Waals surface area contributed by atoms with Gasteiger partial charge < -0.3 is 15.2 Å². The molecule has 1 aromatic heterocycles. The molecule has 1 aromatic rings. The molecule has 20 heavy (non-hydrogen) atoms. The molecule has 110 valence electrons. The average molecular weight is 278 g/mol. The van der Waals surface area contributed by atoms with Crippen molar-refractivity contribution in [2.75, 3.05) is 11.9 Å². The molecule has 5 heteroatoms. The van der Waals surface area contributed by atoms with Crippen LogP contribution in [-0.2, 0) is 4.74 Å². The van der Waals surface area contributed by atoms with Gasteiger partial charge in [-0.25, -0.2) is 9.78 Å². The van der Waals surface area contributed by atoms with Gasteiger partial charge in [-0.3, -0.25) is 0 Å². The number of hydrogen-bond acceptors (Lipinski definition) is 5. The molecular formula is C15H22N2O3. The van der Waals surface area contributed by atoms with Gasteiger partial charge in [0.25, 0.3) is 0 Å². The van der Waals surface area contributed by atoms with Gasteiger partial charge in [0.05, 0.1) is 24.3 Å². The summed E-state index contributed by atoms with van der Waals surface area (Å²) in [7, 11) is 0. The molecule has 2 unspecified atom stereocenters. The van der Waals surface area contributed by atoms with Gasteiger partial charge in [0.2, 0.25) is 0 Å². The van der Waals surface area contributed by atoms with E-state index in [0.29, 0.717) is 18.0 Å². The average Bonchev–Trinajstić information content (AvgIpc) is 2.65. The van der Waals surface area contributed by atoms with E-state index in [1.54, 1.807) is 19.1 Å². The van der Waals surface area contributed by atoms with Crippen LogP contribution in [0.25, 0.3) is 0 Å². The fourth-order valence-corrected chi connectivity index (χ4v) is 2.46. The van der Waals surface area contributed by atoms with Crippen LogP contribution in [0.3, 0.4) is 0 Å². The summed E-state index contributed by atoms with van der Waals surface area (Å²) < 4.78 is 4.91. The number of anilines is 1. The van der Waals surface area contributed by atoms with E-state index in [-0.39, 0.29) is 18.1 Å². The van der Waals surface area contributed by atoms with Crippen LogP contribution in [0.4, 0.5) is 5.82 Å². The van der Waals surface area contributed by atoms with E-state index in [2.05, 4.69) is 10.3 Å². The Morgan fingerprint density at radius 2 is 2.20 bits per heavy atom. The number of carbonyl (C=O) groups is 1. The summed E-state index contributed by atoms with van der Waals surface area (Å²) in [4.78, 5) is 15.7. The predicted molar refractivity (Wildman–Crippen MR) is 76.7 cm³/mol. The number of nitrogens with one attached hydrogen (secondary N) is 1. The molecule has 1 heterocycles. The molecule has 0 aromatic carbocycles. The Hall–Kier alpha value is -1.62. The second-order valence-corrected chi connectivity index (χ2v) is 5.11. The van der Waals surface area contributed by atoms with Crippen molar-refractivity contribution in [2.24, 2.45) is 0 Å². The molecule has 1 aliphatic carbocycles. The van der Waals surface area contributed by atoms with E-state index in [1.165, 1.54) is 12.6 Å². The van der Waals surface area contributed by atoms with Crippen molar-refractivity contribution in [3.05, 3.63) is 23.9 Å². The van der Waals surface area contributed by atoms with Crippen LogP contribution in [0.15, 0.2) is 18.3 Å². The Balaban J connectivity index is 1.97. The lowest BCUT2D eigenvalue weighted by Gasteiger charge is -2.22. The molecule has 0 radical (unpaired) electrons. The largest absolute Gasteiger partial charge is 0.462 e. The first-order valence-electron chi connectivity index (χ1n) is 7.28. The minimum absolute atomic E-state index is 0.0402. The Morgan fingerprint density at radius 1 is 1.40 bits per heavy atom. The standard InChI is InChI=1S/C15H22N2O3/c1-2-20-15(19)11-8-9-14(16-10-11)17-12-6-4-3-5-7-13(12)18/h8-10,12-13,18H,2-7H2,1H3,(H,16,17). The quantitative estimate of drug-likeness (QED) is 0.653. The molecule has 2 atom stereocenters. The number of pyridine rings is 1. The second-order valence-electron chi connectivity index (χ2n) is 5.11. The van der Waals surface area contributed by atoms with Gasteiger partial charge in [-0.1, -0.05) is 19.3 Å². The van der Waals surface area contributed by atoms with Crippen LogP contribution in [0.2, 0.25) is 0 Å². The van der Waals surface area contributed by atoms with Gasteiger partial charge in [0.1, 0.15) is 5.82 Å². The number of rotatable bonds is 4. The fourth-order valence-electron chi connectivity index (χ4n) is 2.46. The third-order valence-corrected chi connectivity index (χ3v) is 3.59. The van der Waals surface area contributed by atoms with Gasteiger partial charge in [0.15, 0.2) is 0 Å². The molecule has 0 bridgehead atoms. The Kier molecular flexibility index (Phi) is 5.35. The van der Waals surface area contributed by atoms with E-state index >= 15 is 0 Å². The van der Waals surface area contributed by atoms with E-state index < -0.39 is 0 Å². The number of nitrogens with zero attached hydrogens (tertiary/aromatic N) is 1. The first-order valence-corrected chi connectivity index (χ1v) is 7.28. The minimum Gasteiger partial charge on any atom is -0.462 e. The highest BCUT2D eigenvalue weighted by molar-refractivity contribution is 5.89. The minimum atomic E-state index is -0.360. The number of esters is 1. The third-order valence-electron chi connectivity index (χ3n) is 3.59. The predicted octanol–water partition coefficient (Wildman–Crippen LogP) is 2.36. The molecule has 0 aliphatic heterocycles. The van der Waals surface area contributed by atoms with Crippen molar-refractivity contribution >= 4 is 11.8 Å². The maximum atomic E-state index is 11.5. The summed E-state index contributed by atoms with van der Waals surface area (Å²) in [6, 6.07) is 3.48. The van der Waals surface area contributed by atoms with E-state index in [1.807, 2.05) is 0 Å². The number of aliphatic hydroxyl groups excluding tert-OH is 1. The Morgan fingerprint density at radius 3 is 2.90 bits per heavy atom. The normalized spacial score (nSPS) is 22.9. The summed E-state index contributed by atoms with van der Waals surface area (Å²) in [6.45, 7) is 2.13. The molecular weight excluding hydrogens is 256 g/mol. The summed E-state index contributed by atoms with van der Waals surface area (Å²) in [5.74, 6) is 0.324. The van der Waals surface area contributed by atoms with Gasteiger partial charge in [-0.05, 0) is 31.9 Å². The first-order chi connectivity index (χ1) is 9.70. The highest BCUT2D eigenvalue weighted by atomic mass is 16.5. The molecule has 1 saturated carbocycles. The maximum absolute atomic E-state index is 11.5. The monoisotopic (exact) mass is 278 g/mol. The van der Waals surface area contributed by atoms with Gasteiger partial charge in [-0.15, -0.1) is 0 Å². The van der Waals surface area contributed by atoms with Crippen molar-refractivity contribution in [1.29, 1.82) is 0 Å². The van der Waals surface area contributed by atoms with Crippen LogP contribution in [0.5, 0.6) is 0 Å². The van der Waals surface area contributed by atoms with Crippen molar-refractivity contribution in [3.63, 3.8) is 0 Å². The summed E-state index contributed by atoms with van der Waals surface area (Å²) >= 11 is 0. The molecule has 1 aliphatic rings. The SMILES string of the molecule is CCOC(=O)c1ccc(NC2CCCCCC2O)nc1. The highest BCUT2D eigenvalue weighted by Gasteiger charge is 2.21. The molecule has 1 fully saturated rings. The highest BCUT2D eigenvalue weighted by Crippen LogP contribution is 2.21. The van der Waals surface area contributed by atoms with Crippen molar-refractivity contribution in [3.8, 4) is 0 Å². The van der Waals surface area contributed by atoms with Crippen LogP contribution >= 0.6 is 0 Å². The Bertz CT molecular complexity index is 433. The fraction of sp³-hybridized carbons (Fsp3) is 0.600. The second kappa shape index (κ2) is 7.24.